The second-order valence-corrected chi connectivity index (χ2v) is 4.61. The van der Waals surface area contributed by atoms with Crippen LogP contribution >= 0.6 is 0 Å². The summed E-state index contributed by atoms with van der Waals surface area (Å²) in [6.45, 7) is 4.38. The molecule has 3 nitrogen and oxygen atoms in total. The number of hydrogen-bond donors (Lipinski definition) is 1. The van der Waals surface area contributed by atoms with Crippen LogP contribution in [0.25, 0.3) is 11.1 Å². The van der Waals surface area contributed by atoms with Gasteiger partial charge in [-0.25, -0.2) is 4.39 Å². The first-order valence-corrected chi connectivity index (χ1v) is 6.65. The average Bonchev–Trinajstić information content (AvgIpc) is 2.74. The van der Waals surface area contributed by atoms with Gasteiger partial charge in [-0.15, -0.1) is 0 Å². The van der Waals surface area contributed by atoms with Crippen LogP contribution in [0.3, 0.4) is 0 Å². The molecule has 19 heavy (non-hydrogen) atoms. The monoisotopic (exact) mass is 261 g/mol. The topological polar surface area (TPSA) is 43.8 Å². The molecule has 0 amide bonds. The summed E-state index contributed by atoms with van der Waals surface area (Å²) in [7, 11) is 1.94. The summed E-state index contributed by atoms with van der Waals surface area (Å²) in [6, 6.07) is 5.26. The summed E-state index contributed by atoms with van der Waals surface area (Å²) in [4.78, 5) is 0. The maximum atomic E-state index is 13.9. The van der Waals surface area contributed by atoms with E-state index < -0.39 is 0 Å². The van der Waals surface area contributed by atoms with Gasteiger partial charge in [-0.2, -0.15) is 5.10 Å². The van der Waals surface area contributed by atoms with Gasteiger partial charge in [0.15, 0.2) is 0 Å². The average molecular weight is 261 g/mol. The van der Waals surface area contributed by atoms with Gasteiger partial charge >= 0.3 is 0 Å². The van der Waals surface area contributed by atoms with Crippen molar-refractivity contribution in [3.05, 3.63) is 41.0 Å². The van der Waals surface area contributed by atoms with E-state index in [0.29, 0.717) is 5.56 Å². The van der Waals surface area contributed by atoms with Crippen LogP contribution in [-0.4, -0.2) is 9.78 Å². The molecule has 0 aliphatic rings. The van der Waals surface area contributed by atoms with Gasteiger partial charge in [0, 0.05) is 30.4 Å². The maximum absolute atomic E-state index is 13.9. The van der Waals surface area contributed by atoms with Crippen molar-refractivity contribution in [1.29, 1.82) is 0 Å². The van der Waals surface area contributed by atoms with Crippen LogP contribution in [-0.2, 0) is 26.4 Å². The summed E-state index contributed by atoms with van der Waals surface area (Å²) >= 11 is 0. The van der Waals surface area contributed by atoms with Crippen LogP contribution in [0.1, 0.15) is 30.8 Å². The first-order valence-electron chi connectivity index (χ1n) is 6.65. The van der Waals surface area contributed by atoms with E-state index in [9.17, 15) is 4.39 Å². The molecule has 0 aliphatic carbocycles. The number of aromatic nitrogens is 2. The van der Waals surface area contributed by atoms with Crippen molar-refractivity contribution in [2.75, 3.05) is 0 Å². The van der Waals surface area contributed by atoms with E-state index in [-0.39, 0.29) is 12.4 Å². The first kappa shape index (κ1) is 13.7. The zero-order valence-corrected chi connectivity index (χ0v) is 11.7. The highest BCUT2D eigenvalue weighted by atomic mass is 19.1. The molecule has 4 heteroatoms. The molecule has 0 spiro atoms. The molecule has 0 bridgehead atoms. The van der Waals surface area contributed by atoms with Crippen molar-refractivity contribution < 1.29 is 4.39 Å². The van der Waals surface area contributed by atoms with Crippen LogP contribution in [0, 0.1) is 5.82 Å². The molecule has 0 saturated heterocycles. The van der Waals surface area contributed by atoms with Crippen molar-refractivity contribution in [1.82, 2.24) is 9.78 Å². The third kappa shape index (κ3) is 2.40. The molecule has 2 aromatic rings. The molecule has 1 aromatic heterocycles. The summed E-state index contributed by atoms with van der Waals surface area (Å²) in [5.74, 6) is -0.243. The molecule has 0 aliphatic heterocycles. The number of rotatable bonds is 4. The molecule has 1 aromatic carbocycles. The van der Waals surface area contributed by atoms with Crippen molar-refractivity contribution in [3.63, 3.8) is 0 Å². The van der Waals surface area contributed by atoms with Crippen molar-refractivity contribution in [3.8, 4) is 11.1 Å². The number of aryl methyl sites for hydroxylation is 2. The maximum Gasteiger partial charge on any atom is 0.128 e. The normalized spacial score (nSPS) is 11.0. The SMILES string of the molecule is CCc1nn(C)c(CC)c1-c1ccc(CN)c(F)c1. The number of benzene rings is 1. The second kappa shape index (κ2) is 5.53. The predicted molar refractivity (Wildman–Crippen MR) is 75.2 cm³/mol. The van der Waals surface area contributed by atoms with E-state index in [0.717, 1.165) is 35.4 Å². The van der Waals surface area contributed by atoms with E-state index in [1.165, 1.54) is 0 Å². The zero-order valence-electron chi connectivity index (χ0n) is 11.7. The molecular weight excluding hydrogens is 241 g/mol. The van der Waals surface area contributed by atoms with E-state index in [4.69, 9.17) is 5.73 Å². The van der Waals surface area contributed by atoms with Gasteiger partial charge in [-0.3, -0.25) is 4.68 Å². The zero-order chi connectivity index (χ0) is 14.0. The summed E-state index contributed by atoms with van der Waals surface area (Å²) < 4.78 is 15.8. The molecule has 2 rings (SSSR count). The van der Waals surface area contributed by atoms with Crippen LogP contribution in [0.2, 0.25) is 0 Å². The number of halogens is 1. The standard InChI is InChI=1S/C15H20FN3/c1-4-13-15(14(5-2)19(3)18-13)10-6-7-11(9-17)12(16)8-10/h6-8H,4-5,9,17H2,1-3H3. The fourth-order valence-electron chi connectivity index (χ4n) is 2.47. The van der Waals surface area contributed by atoms with Gasteiger partial charge in [0.1, 0.15) is 5.82 Å². The summed E-state index contributed by atoms with van der Waals surface area (Å²) in [6.07, 6.45) is 1.71. The van der Waals surface area contributed by atoms with Crippen molar-refractivity contribution in [2.24, 2.45) is 12.8 Å². The quantitative estimate of drug-likeness (QED) is 0.919. The van der Waals surface area contributed by atoms with Crippen LogP contribution in [0.5, 0.6) is 0 Å². The highest BCUT2D eigenvalue weighted by molar-refractivity contribution is 5.69. The van der Waals surface area contributed by atoms with E-state index in [2.05, 4.69) is 18.9 Å². The lowest BCUT2D eigenvalue weighted by molar-refractivity contribution is 0.611. The molecule has 0 saturated carbocycles. The van der Waals surface area contributed by atoms with Gasteiger partial charge < -0.3 is 5.73 Å². The van der Waals surface area contributed by atoms with Gasteiger partial charge in [0.05, 0.1) is 5.69 Å². The van der Waals surface area contributed by atoms with Crippen LogP contribution in [0.15, 0.2) is 18.2 Å². The van der Waals surface area contributed by atoms with Crippen LogP contribution < -0.4 is 5.73 Å². The molecular formula is C15H20FN3. The Kier molecular flexibility index (Phi) is 4.00. The third-order valence-corrected chi connectivity index (χ3v) is 3.47. The van der Waals surface area contributed by atoms with Gasteiger partial charge in [-0.05, 0) is 24.5 Å². The van der Waals surface area contributed by atoms with Crippen LogP contribution in [0.4, 0.5) is 4.39 Å². The third-order valence-electron chi connectivity index (χ3n) is 3.47. The number of hydrogen-bond acceptors (Lipinski definition) is 2. The fourth-order valence-corrected chi connectivity index (χ4v) is 2.47. The molecule has 2 N–H and O–H groups in total. The minimum absolute atomic E-state index is 0.223. The van der Waals surface area contributed by atoms with Gasteiger partial charge in [0.25, 0.3) is 0 Å². The molecule has 102 valence electrons. The molecule has 0 radical (unpaired) electrons. The summed E-state index contributed by atoms with van der Waals surface area (Å²) in [5, 5.41) is 4.52. The minimum atomic E-state index is -0.243. The lowest BCUT2D eigenvalue weighted by Gasteiger charge is -2.07. The van der Waals surface area contributed by atoms with E-state index in [1.54, 1.807) is 12.1 Å². The Morgan fingerprint density at radius 1 is 1.26 bits per heavy atom. The molecule has 1 heterocycles. The highest BCUT2D eigenvalue weighted by Crippen LogP contribution is 2.29. The minimum Gasteiger partial charge on any atom is -0.326 e. The van der Waals surface area contributed by atoms with Gasteiger partial charge in [0.2, 0.25) is 0 Å². The van der Waals surface area contributed by atoms with E-state index >= 15 is 0 Å². The molecule has 0 atom stereocenters. The Morgan fingerprint density at radius 2 is 2.00 bits per heavy atom. The number of nitrogens with zero attached hydrogens (tertiary/aromatic N) is 2. The lowest BCUT2D eigenvalue weighted by atomic mass is 9.99. The predicted octanol–water partition coefficient (Wildman–Crippen LogP) is 2.81. The number of nitrogens with two attached hydrogens (primary N) is 1. The summed E-state index contributed by atoms with van der Waals surface area (Å²) in [5.41, 5.74) is 10.1. The fraction of sp³-hybridized carbons (Fsp3) is 0.400. The van der Waals surface area contributed by atoms with Crippen molar-refractivity contribution >= 4 is 0 Å². The second-order valence-electron chi connectivity index (χ2n) is 4.61. The lowest BCUT2D eigenvalue weighted by Crippen LogP contribution is -2.00. The molecule has 0 unspecified atom stereocenters. The Morgan fingerprint density at radius 3 is 2.53 bits per heavy atom. The van der Waals surface area contributed by atoms with Crippen molar-refractivity contribution in [2.45, 2.75) is 33.2 Å². The largest absolute Gasteiger partial charge is 0.326 e. The van der Waals surface area contributed by atoms with E-state index in [1.807, 2.05) is 17.8 Å². The Labute approximate surface area is 113 Å². The Hall–Kier alpha value is -1.68. The molecule has 0 fully saturated rings. The van der Waals surface area contributed by atoms with Gasteiger partial charge in [-0.1, -0.05) is 26.0 Å². The highest BCUT2D eigenvalue weighted by Gasteiger charge is 2.16. The Balaban J connectivity index is 2.60. The Bertz CT molecular complexity index is 587. The smallest absolute Gasteiger partial charge is 0.128 e. The first-order chi connectivity index (χ1) is 9.12.